The first-order valence-electron chi connectivity index (χ1n) is 13.0. The third-order valence-electron chi connectivity index (χ3n) is 6.59. The molecule has 9 heteroatoms. The van der Waals surface area contributed by atoms with Crippen LogP contribution in [0.25, 0.3) is 0 Å². The molecule has 0 saturated heterocycles. The van der Waals surface area contributed by atoms with Gasteiger partial charge in [0.15, 0.2) is 0 Å². The van der Waals surface area contributed by atoms with E-state index >= 15 is 0 Å². The van der Waals surface area contributed by atoms with E-state index in [4.69, 9.17) is 11.6 Å². The Morgan fingerprint density at radius 1 is 0.949 bits per heavy atom. The summed E-state index contributed by atoms with van der Waals surface area (Å²) < 4.78 is 29.0. The molecule has 0 aliphatic carbocycles. The van der Waals surface area contributed by atoms with Crippen LogP contribution in [0.2, 0.25) is 5.02 Å². The predicted octanol–water partition coefficient (Wildman–Crippen LogP) is 5.49. The van der Waals surface area contributed by atoms with Crippen molar-refractivity contribution >= 4 is 39.1 Å². The molecule has 0 unspecified atom stereocenters. The highest BCUT2D eigenvalue weighted by atomic mass is 35.5. The van der Waals surface area contributed by atoms with E-state index in [1.165, 1.54) is 17.0 Å². The largest absolute Gasteiger partial charge is 0.354 e. The lowest BCUT2D eigenvalue weighted by Gasteiger charge is -2.32. The SMILES string of the molecule is CCCCNC(=O)[C@H](C)N(Cc1ccccc1)C(=O)CN(c1cccc(Cl)c1C)S(=O)(=O)c1ccc(C)cc1. The zero-order chi connectivity index (χ0) is 28.6. The van der Waals surface area contributed by atoms with Crippen molar-refractivity contribution in [1.82, 2.24) is 10.2 Å². The maximum Gasteiger partial charge on any atom is 0.264 e. The number of hydrogen-bond donors (Lipinski definition) is 1. The number of aryl methyl sites for hydroxylation is 1. The molecule has 1 atom stereocenters. The highest BCUT2D eigenvalue weighted by Crippen LogP contribution is 2.31. The van der Waals surface area contributed by atoms with Crippen molar-refractivity contribution in [2.45, 2.75) is 58.0 Å². The second kappa shape index (κ2) is 13.6. The lowest BCUT2D eigenvalue weighted by molar-refractivity contribution is -0.139. The molecule has 39 heavy (non-hydrogen) atoms. The zero-order valence-electron chi connectivity index (χ0n) is 22.9. The van der Waals surface area contributed by atoms with Gasteiger partial charge in [0.05, 0.1) is 10.6 Å². The lowest BCUT2D eigenvalue weighted by Crippen LogP contribution is -2.51. The predicted molar refractivity (Wildman–Crippen MR) is 156 cm³/mol. The first kappa shape index (κ1) is 30.2. The van der Waals surface area contributed by atoms with Crippen LogP contribution in [0.5, 0.6) is 0 Å². The van der Waals surface area contributed by atoms with Crippen LogP contribution in [-0.2, 0) is 26.2 Å². The van der Waals surface area contributed by atoms with Crippen LogP contribution >= 0.6 is 11.6 Å². The van der Waals surface area contributed by atoms with Gasteiger partial charge in [-0.3, -0.25) is 13.9 Å². The molecular formula is C30H36ClN3O4S. The molecular weight excluding hydrogens is 534 g/mol. The number of anilines is 1. The summed E-state index contributed by atoms with van der Waals surface area (Å²) in [5.41, 5.74) is 2.57. The molecule has 0 aromatic heterocycles. The lowest BCUT2D eigenvalue weighted by atomic mass is 10.1. The van der Waals surface area contributed by atoms with Crippen LogP contribution in [0, 0.1) is 13.8 Å². The molecule has 0 aliphatic rings. The molecule has 3 aromatic rings. The summed E-state index contributed by atoms with van der Waals surface area (Å²) in [7, 11) is -4.15. The Balaban J connectivity index is 2.03. The zero-order valence-corrected chi connectivity index (χ0v) is 24.4. The number of sulfonamides is 1. The van der Waals surface area contributed by atoms with Crippen LogP contribution in [-0.4, -0.2) is 44.3 Å². The number of benzene rings is 3. The van der Waals surface area contributed by atoms with Crippen LogP contribution in [0.15, 0.2) is 77.7 Å². The number of nitrogens with zero attached hydrogens (tertiary/aromatic N) is 2. The van der Waals surface area contributed by atoms with Crippen molar-refractivity contribution in [2.24, 2.45) is 0 Å². The maximum atomic E-state index is 13.9. The molecule has 3 aromatic carbocycles. The van der Waals surface area contributed by atoms with Gasteiger partial charge in [0.1, 0.15) is 12.6 Å². The van der Waals surface area contributed by atoms with Gasteiger partial charge in [0.2, 0.25) is 11.8 Å². The third-order valence-corrected chi connectivity index (χ3v) is 8.77. The van der Waals surface area contributed by atoms with E-state index in [-0.39, 0.29) is 17.3 Å². The van der Waals surface area contributed by atoms with Gasteiger partial charge in [0, 0.05) is 18.1 Å². The van der Waals surface area contributed by atoms with Crippen molar-refractivity contribution in [3.8, 4) is 0 Å². The van der Waals surface area contributed by atoms with E-state index in [1.807, 2.05) is 44.2 Å². The highest BCUT2D eigenvalue weighted by Gasteiger charge is 2.33. The van der Waals surface area contributed by atoms with Gasteiger partial charge in [0.25, 0.3) is 10.0 Å². The molecule has 208 valence electrons. The number of halogens is 1. The van der Waals surface area contributed by atoms with E-state index < -0.39 is 28.5 Å². The fourth-order valence-electron chi connectivity index (χ4n) is 4.12. The van der Waals surface area contributed by atoms with Crippen molar-refractivity contribution in [3.63, 3.8) is 0 Å². The van der Waals surface area contributed by atoms with Crippen molar-refractivity contribution in [2.75, 3.05) is 17.4 Å². The molecule has 0 saturated carbocycles. The Morgan fingerprint density at radius 2 is 1.62 bits per heavy atom. The topological polar surface area (TPSA) is 86.8 Å². The monoisotopic (exact) mass is 569 g/mol. The number of hydrogen-bond acceptors (Lipinski definition) is 4. The molecule has 2 amide bonds. The van der Waals surface area contributed by atoms with E-state index in [0.717, 1.165) is 28.3 Å². The number of unbranched alkanes of at least 4 members (excludes halogenated alkanes) is 1. The third kappa shape index (κ3) is 7.61. The number of rotatable bonds is 12. The Kier molecular flexibility index (Phi) is 10.5. The second-order valence-corrected chi connectivity index (χ2v) is 11.8. The van der Waals surface area contributed by atoms with Gasteiger partial charge in [-0.1, -0.05) is 79.0 Å². The van der Waals surface area contributed by atoms with Crippen LogP contribution in [0.3, 0.4) is 0 Å². The summed E-state index contributed by atoms with van der Waals surface area (Å²) in [6, 6.07) is 19.9. The van der Waals surface area contributed by atoms with Gasteiger partial charge in [-0.15, -0.1) is 0 Å². The van der Waals surface area contributed by atoms with Crippen LogP contribution in [0.1, 0.15) is 43.4 Å². The fourth-order valence-corrected chi connectivity index (χ4v) is 5.76. The maximum absolute atomic E-state index is 13.9. The van der Waals surface area contributed by atoms with Gasteiger partial charge >= 0.3 is 0 Å². The Morgan fingerprint density at radius 3 is 2.26 bits per heavy atom. The number of carbonyl (C=O) groups excluding carboxylic acids is 2. The molecule has 0 radical (unpaired) electrons. The highest BCUT2D eigenvalue weighted by molar-refractivity contribution is 7.92. The standard InChI is InChI=1S/C30H36ClN3O4S/c1-5-6-19-32-30(36)24(4)33(20-25-11-8-7-9-12-25)29(35)21-34(28-14-10-13-27(31)23(28)3)39(37,38)26-17-15-22(2)16-18-26/h7-18,24H,5-6,19-21H2,1-4H3,(H,32,36)/t24-/m0/s1. The summed E-state index contributed by atoms with van der Waals surface area (Å²) in [6.07, 6.45) is 1.74. The molecule has 7 nitrogen and oxygen atoms in total. The summed E-state index contributed by atoms with van der Waals surface area (Å²) in [6.45, 7) is 7.42. The average molecular weight is 570 g/mol. The molecule has 0 aliphatic heterocycles. The Hall–Kier alpha value is -3.36. The minimum absolute atomic E-state index is 0.0558. The minimum Gasteiger partial charge on any atom is -0.354 e. The average Bonchev–Trinajstić information content (AvgIpc) is 2.92. The first-order chi connectivity index (χ1) is 18.6. The minimum atomic E-state index is -4.15. The summed E-state index contributed by atoms with van der Waals surface area (Å²) in [5.74, 6) is -0.799. The normalized spacial score (nSPS) is 12.0. The van der Waals surface area contributed by atoms with Gasteiger partial charge in [-0.2, -0.15) is 0 Å². The van der Waals surface area contributed by atoms with Crippen molar-refractivity contribution in [1.29, 1.82) is 0 Å². The molecule has 0 heterocycles. The van der Waals surface area contributed by atoms with Gasteiger partial charge < -0.3 is 10.2 Å². The Labute approximate surface area is 236 Å². The first-order valence-corrected chi connectivity index (χ1v) is 14.8. The van der Waals surface area contributed by atoms with E-state index in [0.29, 0.717) is 22.8 Å². The number of carbonyl (C=O) groups is 2. The van der Waals surface area contributed by atoms with E-state index in [2.05, 4.69) is 5.32 Å². The molecule has 3 rings (SSSR count). The van der Waals surface area contributed by atoms with Crippen molar-refractivity contribution in [3.05, 3.63) is 94.5 Å². The number of amides is 2. The van der Waals surface area contributed by atoms with E-state index in [1.54, 1.807) is 44.2 Å². The van der Waals surface area contributed by atoms with Crippen LogP contribution < -0.4 is 9.62 Å². The smallest absolute Gasteiger partial charge is 0.264 e. The Bertz CT molecular complexity index is 1380. The summed E-state index contributed by atoms with van der Waals surface area (Å²) in [5, 5.41) is 3.27. The summed E-state index contributed by atoms with van der Waals surface area (Å²) >= 11 is 6.36. The summed E-state index contributed by atoms with van der Waals surface area (Å²) in [4.78, 5) is 28.4. The fraction of sp³-hybridized carbons (Fsp3) is 0.333. The number of nitrogens with one attached hydrogen (secondary N) is 1. The molecule has 0 spiro atoms. The van der Waals surface area contributed by atoms with Crippen molar-refractivity contribution < 1.29 is 18.0 Å². The van der Waals surface area contributed by atoms with Gasteiger partial charge in [-0.05, 0) is 62.6 Å². The molecule has 0 bridgehead atoms. The van der Waals surface area contributed by atoms with Crippen LogP contribution in [0.4, 0.5) is 5.69 Å². The van der Waals surface area contributed by atoms with Gasteiger partial charge in [-0.25, -0.2) is 8.42 Å². The second-order valence-electron chi connectivity index (χ2n) is 9.54. The molecule has 0 fully saturated rings. The van der Waals surface area contributed by atoms with E-state index in [9.17, 15) is 18.0 Å². The quantitative estimate of drug-likeness (QED) is 0.292. The molecule has 1 N–H and O–H groups in total.